The first kappa shape index (κ1) is 20.5. The summed E-state index contributed by atoms with van der Waals surface area (Å²) in [6.07, 6.45) is 6.82. The first-order valence-electron chi connectivity index (χ1n) is 11.5. The van der Waals surface area contributed by atoms with Crippen LogP contribution in [0.1, 0.15) is 44.6 Å². The summed E-state index contributed by atoms with van der Waals surface area (Å²) in [7, 11) is 0. The largest absolute Gasteiger partial charge is 0.378 e. The van der Waals surface area contributed by atoms with Crippen LogP contribution in [0.25, 0.3) is 0 Å². The maximum absolute atomic E-state index is 5.45. The van der Waals surface area contributed by atoms with Crippen molar-refractivity contribution in [1.82, 2.24) is 15.5 Å². The van der Waals surface area contributed by atoms with E-state index in [0.29, 0.717) is 12.6 Å². The summed E-state index contributed by atoms with van der Waals surface area (Å²) < 4.78 is 5.45. The number of ether oxygens (including phenoxy) is 1. The molecule has 3 aliphatic rings. The van der Waals surface area contributed by atoms with Crippen molar-refractivity contribution in [2.24, 2.45) is 4.99 Å². The molecule has 1 atom stereocenters. The Balaban J connectivity index is 1.30. The minimum atomic E-state index is 0.511. The summed E-state index contributed by atoms with van der Waals surface area (Å²) in [5.41, 5.74) is 2.53. The van der Waals surface area contributed by atoms with Crippen molar-refractivity contribution in [2.75, 3.05) is 50.8 Å². The zero-order chi connectivity index (χ0) is 19.9. The molecule has 2 N–H and O–H groups in total. The zero-order valence-electron chi connectivity index (χ0n) is 17.9. The molecule has 1 unspecified atom stereocenters. The quantitative estimate of drug-likeness (QED) is 0.569. The van der Waals surface area contributed by atoms with Gasteiger partial charge in [-0.25, -0.2) is 4.99 Å². The second-order valence-corrected chi connectivity index (χ2v) is 8.52. The molecule has 0 radical (unpaired) electrons. The lowest BCUT2D eigenvalue weighted by Crippen LogP contribution is -2.45. The summed E-state index contributed by atoms with van der Waals surface area (Å²) in [5.74, 6) is 0.947. The number of aliphatic imine (C=N–C) groups is 1. The highest BCUT2D eigenvalue weighted by Gasteiger charge is 2.30. The SMILES string of the molecule is CCNC(=NCc1ccc(N2CCOCC2)cc1)NC1CCN(C2CCCC2)C1. The van der Waals surface area contributed by atoms with Crippen molar-refractivity contribution in [3.63, 3.8) is 0 Å². The average molecular weight is 400 g/mol. The van der Waals surface area contributed by atoms with Crippen molar-refractivity contribution in [3.05, 3.63) is 29.8 Å². The number of likely N-dealkylation sites (tertiary alicyclic amines) is 1. The molecular weight excluding hydrogens is 362 g/mol. The maximum atomic E-state index is 5.45. The molecule has 6 heteroatoms. The van der Waals surface area contributed by atoms with Crippen LogP contribution in [0.5, 0.6) is 0 Å². The summed E-state index contributed by atoms with van der Waals surface area (Å²) >= 11 is 0. The van der Waals surface area contributed by atoms with E-state index in [1.54, 1.807) is 0 Å². The lowest BCUT2D eigenvalue weighted by Gasteiger charge is -2.28. The van der Waals surface area contributed by atoms with Gasteiger partial charge in [0.25, 0.3) is 0 Å². The van der Waals surface area contributed by atoms with Gasteiger partial charge in [-0.15, -0.1) is 0 Å². The van der Waals surface area contributed by atoms with Gasteiger partial charge in [0.2, 0.25) is 0 Å². The minimum absolute atomic E-state index is 0.511. The second kappa shape index (κ2) is 10.3. The topological polar surface area (TPSA) is 52.1 Å². The van der Waals surface area contributed by atoms with Crippen LogP contribution in [0.3, 0.4) is 0 Å². The maximum Gasteiger partial charge on any atom is 0.191 e. The van der Waals surface area contributed by atoms with Crippen molar-refractivity contribution in [2.45, 2.75) is 57.7 Å². The molecule has 3 fully saturated rings. The van der Waals surface area contributed by atoms with Gasteiger partial charge in [-0.1, -0.05) is 25.0 Å². The van der Waals surface area contributed by atoms with Gasteiger partial charge in [0, 0.05) is 50.5 Å². The van der Waals surface area contributed by atoms with Gasteiger partial charge in [-0.05, 0) is 43.9 Å². The Labute approximate surface area is 175 Å². The van der Waals surface area contributed by atoms with Crippen LogP contribution in [-0.4, -0.2) is 68.9 Å². The molecule has 0 aromatic heterocycles. The molecule has 29 heavy (non-hydrogen) atoms. The monoisotopic (exact) mass is 399 g/mol. The molecule has 6 nitrogen and oxygen atoms in total. The number of nitrogens with zero attached hydrogens (tertiary/aromatic N) is 3. The van der Waals surface area contributed by atoms with E-state index in [1.807, 2.05) is 0 Å². The molecule has 1 aromatic rings. The smallest absolute Gasteiger partial charge is 0.191 e. The fourth-order valence-electron chi connectivity index (χ4n) is 4.82. The summed E-state index contributed by atoms with van der Waals surface area (Å²) in [4.78, 5) is 9.93. The fraction of sp³-hybridized carbons (Fsp3) is 0.696. The molecule has 2 saturated heterocycles. The van der Waals surface area contributed by atoms with Crippen LogP contribution < -0.4 is 15.5 Å². The third-order valence-electron chi connectivity index (χ3n) is 6.48. The van der Waals surface area contributed by atoms with Gasteiger partial charge in [0.15, 0.2) is 5.96 Å². The number of benzene rings is 1. The van der Waals surface area contributed by atoms with E-state index in [4.69, 9.17) is 9.73 Å². The third kappa shape index (κ3) is 5.64. The van der Waals surface area contributed by atoms with Crippen LogP contribution in [-0.2, 0) is 11.3 Å². The number of anilines is 1. The first-order chi connectivity index (χ1) is 14.3. The molecule has 1 aromatic carbocycles. The van der Waals surface area contributed by atoms with Crippen LogP contribution in [0.2, 0.25) is 0 Å². The highest BCUT2D eigenvalue weighted by atomic mass is 16.5. The molecular formula is C23H37N5O. The highest BCUT2D eigenvalue weighted by molar-refractivity contribution is 5.80. The van der Waals surface area contributed by atoms with Crippen LogP contribution in [0.4, 0.5) is 5.69 Å². The summed E-state index contributed by atoms with van der Waals surface area (Å²) in [6.45, 7) is 9.71. The Kier molecular flexibility index (Phi) is 7.28. The van der Waals surface area contributed by atoms with Gasteiger partial charge in [0.1, 0.15) is 0 Å². The lowest BCUT2D eigenvalue weighted by molar-refractivity contribution is 0.122. The van der Waals surface area contributed by atoms with Crippen LogP contribution >= 0.6 is 0 Å². The first-order valence-corrected chi connectivity index (χ1v) is 11.5. The van der Waals surface area contributed by atoms with Crippen LogP contribution in [0.15, 0.2) is 29.3 Å². The molecule has 2 heterocycles. The Hall–Kier alpha value is -1.79. The number of morpholine rings is 1. The molecule has 1 aliphatic carbocycles. The average Bonchev–Trinajstić information content (AvgIpc) is 3.45. The molecule has 0 spiro atoms. The zero-order valence-corrected chi connectivity index (χ0v) is 17.9. The number of nitrogens with one attached hydrogen (secondary N) is 2. The van der Waals surface area contributed by atoms with E-state index >= 15 is 0 Å². The summed E-state index contributed by atoms with van der Waals surface area (Å²) in [5, 5.41) is 7.10. The summed E-state index contributed by atoms with van der Waals surface area (Å²) in [6, 6.07) is 10.2. The van der Waals surface area contributed by atoms with Gasteiger partial charge < -0.3 is 20.3 Å². The van der Waals surface area contributed by atoms with E-state index in [1.165, 1.54) is 49.9 Å². The van der Waals surface area contributed by atoms with Gasteiger partial charge >= 0.3 is 0 Å². The second-order valence-electron chi connectivity index (χ2n) is 8.52. The number of guanidine groups is 1. The van der Waals surface area contributed by atoms with E-state index in [0.717, 1.165) is 51.4 Å². The Morgan fingerprint density at radius 3 is 2.55 bits per heavy atom. The molecule has 0 bridgehead atoms. The normalized spacial score (nSPS) is 24.2. The van der Waals surface area contributed by atoms with Gasteiger partial charge in [-0.3, -0.25) is 4.90 Å². The van der Waals surface area contributed by atoms with Crippen molar-refractivity contribution >= 4 is 11.6 Å². The van der Waals surface area contributed by atoms with Crippen molar-refractivity contribution < 1.29 is 4.74 Å². The van der Waals surface area contributed by atoms with Gasteiger partial charge in [0.05, 0.1) is 19.8 Å². The standard InChI is InChI=1S/C23H37N5O/c1-2-24-23(26-20-11-12-28(18-20)21-5-3-4-6-21)25-17-19-7-9-22(10-8-19)27-13-15-29-16-14-27/h7-10,20-21H,2-6,11-18H2,1H3,(H2,24,25,26). The van der Waals surface area contributed by atoms with Gasteiger partial charge in [-0.2, -0.15) is 0 Å². The van der Waals surface area contributed by atoms with E-state index in [9.17, 15) is 0 Å². The molecule has 0 amide bonds. The third-order valence-corrected chi connectivity index (χ3v) is 6.48. The van der Waals surface area contributed by atoms with Crippen molar-refractivity contribution in [1.29, 1.82) is 0 Å². The number of hydrogen-bond donors (Lipinski definition) is 2. The molecule has 2 aliphatic heterocycles. The Bertz CT molecular complexity index is 650. The van der Waals surface area contributed by atoms with Crippen molar-refractivity contribution in [3.8, 4) is 0 Å². The predicted molar refractivity (Wildman–Crippen MR) is 120 cm³/mol. The predicted octanol–water partition coefficient (Wildman–Crippen LogP) is 2.60. The van der Waals surface area contributed by atoms with E-state index in [-0.39, 0.29) is 0 Å². The van der Waals surface area contributed by atoms with Crippen LogP contribution in [0, 0.1) is 0 Å². The van der Waals surface area contributed by atoms with E-state index in [2.05, 4.69) is 51.6 Å². The number of rotatable bonds is 6. The number of hydrogen-bond acceptors (Lipinski definition) is 4. The lowest BCUT2D eigenvalue weighted by atomic mass is 10.2. The molecule has 160 valence electrons. The molecule has 1 saturated carbocycles. The highest BCUT2D eigenvalue weighted by Crippen LogP contribution is 2.26. The fourth-order valence-corrected chi connectivity index (χ4v) is 4.82. The molecule has 4 rings (SSSR count). The minimum Gasteiger partial charge on any atom is -0.378 e. The Morgan fingerprint density at radius 2 is 1.83 bits per heavy atom. The van der Waals surface area contributed by atoms with E-state index < -0.39 is 0 Å². The Morgan fingerprint density at radius 1 is 1.07 bits per heavy atom.